The minimum atomic E-state index is -3.00. The molecule has 9 heteroatoms. The van der Waals surface area contributed by atoms with Crippen molar-refractivity contribution >= 4 is 39.8 Å². The largest absolute Gasteiger partial charge is 0.497 e. The van der Waals surface area contributed by atoms with Gasteiger partial charge in [-0.2, -0.15) is 0 Å². The maximum absolute atomic E-state index is 11.6. The molecule has 0 bridgehead atoms. The van der Waals surface area contributed by atoms with E-state index in [1.165, 1.54) is 0 Å². The fourth-order valence-electron chi connectivity index (χ4n) is 2.07. The predicted molar refractivity (Wildman–Crippen MR) is 121 cm³/mol. The van der Waals surface area contributed by atoms with Crippen LogP contribution in [0.1, 0.15) is 25.8 Å². The first-order valence-electron chi connectivity index (χ1n) is 8.94. The fourth-order valence-corrected chi connectivity index (χ4v) is 2.77. The van der Waals surface area contributed by atoms with E-state index in [0.29, 0.717) is 38.8 Å². The number of methoxy groups -OCH3 is 1. The minimum absolute atomic E-state index is 0. The van der Waals surface area contributed by atoms with Crippen molar-refractivity contribution in [1.29, 1.82) is 0 Å². The smallest absolute Gasteiger partial charge is 0.191 e. The molecule has 0 amide bonds. The van der Waals surface area contributed by atoms with E-state index in [2.05, 4.69) is 15.6 Å². The molecule has 0 spiro atoms. The summed E-state index contributed by atoms with van der Waals surface area (Å²) in [6, 6.07) is 7.69. The van der Waals surface area contributed by atoms with Gasteiger partial charge >= 0.3 is 0 Å². The molecule has 0 aliphatic rings. The Morgan fingerprint density at radius 1 is 1.11 bits per heavy atom. The molecule has 27 heavy (non-hydrogen) atoms. The van der Waals surface area contributed by atoms with E-state index in [0.717, 1.165) is 17.7 Å². The molecule has 7 nitrogen and oxygen atoms in total. The van der Waals surface area contributed by atoms with Crippen LogP contribution in [0.3, 0.4) is 0 Å². The summed E-state index contributed by atoms with van der Waals surface area (Å²) in [7, 11) is -1.37. The van der Waals surface area contributed by atoms with Crippen molar-refractivity contribution in [2.75, 3.05) is 44.9 Å². The van der Waals surface area contributed by atoms with Crippen LogP contribution in [0.5, 0.6) is 5.75 Å². The second-order valence-electron chi connectivity index (χ2n) is 5.65. The van der Waals surface area contributed by atoms with E-state index < -0.39 is 9.84 Å². The van der Waals surface area contributed by atoms with Gasteiger partial charge in [-0.1, -0.05) is 19.1 Å². The van der Waals surface area contributed by atoms with Crippen molar-refractivity contribution in [3.63, 3.8) is 0 Å². The van der Waals surface area contributed by atoms with Gasteiger partial charge in [0.2, 0.25) is 0 Å². The maximum Gasteiger partial charge on any atom is 0.191 e. The fraction of sp³-hybridized carbons (Fsp3) is 0.611. The topological polar surface area (TPSA) is 89.0 Å². The summed E-state index contributed by atoms with van der Waals surface area (Å²) in [6.45, 7) is 6.52. The van der Waals surface area contributed by atoms with Crippen LogP contribution < -0.4 is 15.4 Å². The van der Waals surface area contributed by atoms with E-state index in [4.69, 9.17) is 9.47 Å². The summed E-state index contributed by atoms with van der Waals surface area (Å²) >= 11 is 0. The van der Waals surface area contributed by atoms with Gasteiger partial charge in [-0.15, -0.1) is 24.0 Å². The Balaban J connectivity index is 0.00000676. The number of sulfone groups is 1. The highest BCUT2D eigenvalue weighted by molar-refractivity contribution is 14.0. The number of ether oxygens (including phenoxy) is 2. The van der Waals surface area contributed by atoms with Crippen LogP contribution in [0, 0.1) is 0 Å². The van der Waals surface area contributed by atoms with E-state index >= 15 is 0 Å². The van der Waals surface area contributed by atoms with Gasteiger partial charge in [0.25, 0.3) is 0 Å². The van der Waals surface area contributed by atoms with Crippen LogP contribution in [-0.4, -0.2) is 59.3 Å². The van der Waals surface area contributed by atoms with Gasteiger partial charge in [-0.05, 0) is 31.0 Å². The lowest BCUT2D eigenvalue weighted by Gasteiger charge is -2.13. The lowest BCUT2D eigenvalue weighted by molar-refractivity contribution is 0.145. The molecule has 0 unspecified atom stereocenters. The van der Waals surface area contributed by atoms with Crippen molar-refractivity contribution in [1.82, 2.24) is 10.6 Å². The average molecular weight is 513 g/mol. The first-order valence-corrected chi connectivity index (χ1v) is 10.8. The van der Waals surface area contributed by atoms with Gasteiger partial charge in [0.1, 0.15) is 5.75 Å². The molecule has 1 rings (SSSR count). The SMILES string of the molecule is CCOCCCNC(=NCc1ccc(OC)cc1)NCCS(=O)(=O)CC.I. The molecular weight excluding hydrogens is 481 g/mol. The zero-order valence-electron chi connectivity index (χ0n) is 16.4. The molecule has 1 aromatic carbocycles. The minimum Gasteiger partial charge on any atom is -0.497 e. The normalized spacial score (nSPS) is 11.6. The zero-order chi connectivity index (χ0) is 19.3. The van der Waals surface area contributed by atoms with E-state index in [9.17, 15) is 8.42 Å². The Bertz CT molecular complexity index is 637. The van der Waals surface area contributed by atoms with Crippen molar-refractivity contribution in [3.05, 3.63) is 29.8 Å². The Hall–Kier alpha value is -1.07. The highest BCUT2D eigenvalue weighted by atomic mass is 127. The zero-order valence-corrected chi connectivity index (χ0v) is 19.5. The maximum atomic E-state index is 11.6. The summed E-state index contributed by atoms with van der Waals surface area (Å²) in [5.41, 5.74) is 1.04. The monoisotopic (exact) mass is 513 g/mol. The van der Waals surface area contributed by atoms with Crippen LogP contribution >= 0.6 is 24.0 Å². The number of hydrogen-bond donors (Lipinski definition) is 2. The quantitative estimate of drug-likeness (QED) is 0.193. The highest BCUT2D eigenvalue weighted by Crippen LogP contribution is 2.11. The number of aliphatic imine (C=N–C) groups is 1. The van der Waals surface area contributed by atoms with Gasteiger partial charge in [0.05, 0.1) is 19.4 Å². The molecule has 0 heterocycles. The Labute approximate surface area is 180 Å². The average Bonchev–Trinajstić information content (AvgIpc) is 2.65. The summed E-state index contributed by atoms with van der Waals surface area (Å²) in [5.74, 6) is 1.64. The van der Waals surface area contributed by atoms with Crippen molar-refractivity contribution in [2.24, 2.45) is 4.99 Å². The molecule has 0 aromatic heterocycles. The molecule has 0 saturated carbocycles. The van der Waals surface area contributed by atoms with Gasteiger partial charge in [-0.3, -0.25) is 0 Å². The first-order chi connectivity index (χ1) is 12.5. The van der Waals surface area contributed by atoms with Crippen molar-refractivity contribution < 1.29 is 17.9 Å². The third kappa shape index (κ3) is 12.1. The standard InChI is InChI=1S/C18H31N3O4S.HI/c1-4-25-13-6-11-19-18(20-12-14-26(22,23)5-2)21-15-16-7-9-17(24-3)10-8-16;/h7-10H,4-6,11-15H2,1-3H3,(H2,19,20,21);1H. The number of halogens is 1. The number of nitrogens with zero attached hydrogens (tertiary/aromatic N) is 1. The van der Waals surface area contributed by atoms with Gasteiger partial charge in [-0.25, -0.2) is 13.4 Å². The molecular formula is C18H32IN3O4S. The second-order valence-corrected chi connectivity index (χ2v) is 8.13. The lowest BCUT2D eigenvalue weighted by atomic mass is 10.2. The summed E-state index contributed by atoms with van der Waals surface area (Å²) in [4.78, 5) is 4.53. The number of hydrogen-bond acceptors (Lipinski definition) is 5. The predicted octanol–water partition coefficient (Wildman–Crippen LogP) is 2.21. The number of rotatable bonds is 12. The third-order valence-electron chi connectivity index (χ3n) is 3.69. The molecule has 1 aromatic rings. The van der Waals surface area contributed by atoms with Crippen LogP contribution in [0.2, 0.25) is 0 Å². The Morgan fingerprint density at radius 3 is 2.37 bits per heavy atom. The highest BCUT2D eigenvalue weighted by Gasteiger charge is 2.07. The van der Waals surface area contributed by atoms with Crippen LogP contribution in [-0.2, 0) is 21.1 Å². The van der Waals surface area contributed by atoms with Gasteiger partial charge < -0.3 is 20.1 Å². The molecule has 156 valence electrons. The second kappa shape index (κ2) is 14.9. The van der Waals surface area contributed by atoms with E-state index in [1.807, 2.05) is 31.2 Å². The molecule has 2 N–H and O–H groups in total. The van der Waals surface area contributed by atoms with Crippen LogP contribution in [0.25, 0.3) is 0 Å². The third-order valence-corrected chi connectivity index (χ3v) is 5.39. The first kappa shape index (κ1) is 25.9. The Kier molecular flexibility index (Phi) is 14.3. The molecule has 0 aliphatic carbocycles. The van der Waals surface area contributed by atoms with E-state index in [-0.39, 0.29) is 35.5 Å². The van der Waals surface area contributed by atoms with Crippen molar-refractivity contribution in [3.8, 4) is 5.75 Å². The summed E-state index contributed by atoms with van der Waals surface area (Å²) in [5, 5.41) is 6.30. The number of benzene rings is 1. The number of nitrogens with one attached hydrogen (secondary N) is 2. The van der Waals surface area contributed by atoms with Crippen LogP contribution in [0.15, 0.2) is 29.3 Å². The van der Waals surface area contributed by atoms with Crippen molar-refractivity contribution in [2.45, 2.75) is 26.8 Å². The van der Waals surface area contributed by atoms with Gasteiger partial charge in [0.15, 0.2) is 15.8 Å². The van der Waals surface area contributed by atoms with Gasteiger partial charge in [0, 0.05) is 32.1 Å². The molecule has 0 atom stereocenters. The molecule has 0 aliphatic heterocycles. The molecule has 0 radical (unpaired) electrons. The Morgan fingerprint density at radius 2 is 1.78 bits per heavy atom. The molecule has 0 saturated heterocycles. The van der Waals surface area contributed by atoms with E-state index in [1.54, 1.807) is 14.0 Å². The summed E-state index contributed by atoms with van der Waals surface area (Å²) < 4.78 is 33.7. The number of guanidine groups is 1. The summed E-state index contributed by atoms with van der Waals surface area (Å²) in [6.07, 6.45) is 0.852. The molecule has 0 fully saturated rings. The van der Waals surface area contributed by atoms with Crippen LogP contribution in [0.4, 0.5) is 0 Å². The lowest BCUT2D eigenvalue weighted by Crippen LogP contribution is -2.40.